The van der Waals surface area contributed by atoms with E-state index >= 15 is 0 Å². The van der Waals surface area contributed by atoms with Crippen molar-refractivity contribution >= 4 is 27.3 Å². The van der Waals surface area contributed by atoms with E-state index in [1.54, 1.807) is 11.3 Å². The predicted molar refractivity (Wildman–Crippen MR) is 70.2 cm³/mol. The van der Waals surface area contributed by atoms with Gasteiger partial charge in [-0.2, -0.15) is 11.3 Å². The van der Waals surface area contributed by atoms with Gasteiger partial charge in [0.05, 0.1) is 0 Å². The van der Waals surface area contributed by atoms with Crippen LogP contribution in [0.1, 0.15) is 5.56 Å². The fourth-order valence-electron chi connectivity index (χ4n) is 1.54. The molecule has 2 aromatic rings. The molecule has 1 N–H and O–H groups in total. The molecule has 0 radical (unpaired) electrons. The normalized spacial score (nSPS) is 10.5. The number of benzene rings is 1. The molecule has 0 aliphatic rings. The third kappa shape index (κ3) is 2.48. The van der Waals surface area contributed by atoms with E-state index in [0.29, 0.717) is 0 Å². The van der Waals surface area contributed by atoms with Gasteiger partial charge in [-0.05, 0) is 45.6 Å². The molecule has 0 atom stereocenters. The summed E-state index contributed by atoms with van der Waals surface area (Å²) in [7, 11) is 1.97. The van der Waals surface area contributed by atoms with Crippen LogP contribution in [0.25, 0.3) is 11.1 Å². The maximum atomic E-state index is 3.56. The Hall–Kier alpha value is -0.640. The first-order valence-electron chi connectivity index (χ1n) is 4.77. The van der Waals surface area contributed by atoms with E-state index in [-0.39, 0.29) is 0 Å². The van der Waals surface area contributed by atoms with Crippen LogP contribution in [0, 0.1) is 0 Å². The Balaban J connectivity index is 2.37. The van der Waals surface area contributed by atoms with Gasteiger partial charge < -0.3 is 5.32 Å². The third-order valence-electron chi connectivity index (χ3n) is 2.23. The second-order valence-electron chi connectivity index (χ2n) is 3.36. The molecule has 1 aromatic carbocycles. The van der Waals surface area contributed by atoms with Crippen LogP contribution in [0.4, 0.5) is 0 Å². The van der Waals surface area contributed by atoms with Gasteiger partial charge in [-0.3, -0.25) is 0 Å². The summed E-state index contributed by atoms with van der Waals surface area (Å²) in [5.41, 5.74) is 3.86. The summed E-state index contributed by atoms with van der Waals surface area (Å²) in [6.07, 6.45) is 0. The van der Waals surface area contributed by atoms with Gasteiger partial charge in [0.25, 0.3) is 0 Å². The number of halogens is 1. The highest BCUT2D eigenvalue weighted by molar-refractivity contribution is 9.10. The monoisotopic (exact) mass is 281 g/mol. The summed E-state index contributed by atoms with van der Waals surface area (Å²) in [5.74, 6) is 0. The Morgan fingerprint density at radius 1 is 1.33 bits per heavy atom. The second-order valence-corrected chi connectivity index (χ2v) is 4.96. The fraction of sp³-hybridized carbons (Fsp3) is 0.167. The van der Waals surface area contributed by atoms with E-state index < -0.39 is 0 Å². The first-order chi connectivity index (χ1) is 7.31. The minimum Gasteiger partial charge on any atom is -0.316 e. The minimum absolute atomic E-state index is 0.912. The third-order valence-corrected chi connectivity index (χ3v) is 3.94. The van der Waals surface area contributed by atoms with Crippen molar-refractivity contribution in [3.8, 4) is 11.1 Å². The van der Waals surface area contributed by atoms with E-state index in [2.05, 4.69) is 56.3 Å². The standard InChI is InChI=1S/C12H12BrNS/c1-14-6-9-3-2-4-10(5-9)11-7-15-8-12(11)13/h2-5,7-8,14H,6H2,1H3. The summed E-state index contributed by atoms with van der Waals surface area (Å²) in [6.45, 7) is 0.912. The Kier molecular flexibility index (Phi) is 3.57. The smallest absolute Gasteiger partial charge is 0.0360 e. The molecule has 0 aliphatic heterocycles. The molecule has 78 valence electrons. The number of hydrogen-bond acceptors (Lipinski definition) is 2. The molecule has 1 heterocycles. The summed E-state index contributed by atoms with van der Waals surface area (Å²) in [5, 5.41) is 7.44. The van der Waals surface area contributed by atoms with Crippen molar-refractivity contribution in [3.63, 3.8) is 0 Å². The molecular weight excluding hydrogens is 270 g/mol. The molecule has 0 unspecified atom stereocenters. The first-order valence-corrected chi connectivity index (χ1v) is 6.50. The highest BCUT2D eigenvalue weighted by Crippen LogP contribution is 2.31. The van der Waals surface area contributed by atoms with Crippen molar-refractivity contribution in [3.05, 3.63) is 45.1 Å². The van der Waals surface area contributed by atoms with Crippen molar-refractivity contribution in [2.75, 3.05) is 7.05 Å². The number of rotatable bonds is 3. The lowest BCUT2D eigenvalue weighted by Gasteiger charge is -2.04. The van der Waals surface area contributed by atoms with Crippen LogP contribution in [0.5, 0.6) is 0 Å². The average molecular weight is 282 g/mol. The number of nitrogens with one attached hydrogen (secondary N) is 1. The summed E-state index contributed by atoms with van der Waals surface area (Å²) in [6, 6.07) is 8.61. The van der Waals surface area contributed by atoms with Crippen LogP contribution in [0.2, 0.25) is 0 Å². The van der Waals surface area contributed by atoms with Crippen molar-refractivity contribution in [2.24, 2.45) is 0 Å². The summed E-state index contributed by atoms with van der Waals surface area (Å²) >= 11 is 5.28. The van der Waals surface area contributed by atoms with Crippen molar-refractivity contribution in [1.29, 1.82) is 0 Å². The molecule has 0 fully saturated rings. The van der Waals surface area contributed by atoms with Gasteiger partial charge in [0.1, 0.15) is 0 Å². The fourth-order valence-corrected chi connectivity index (χ4v) is 3.07. The zero-order valence-corrected chi connectivity index (χ0v) is 10.9. The minimum atomic E-state index is 0.912. The van der Waals surface area contributed by atoms with Gasteiger partial charge in [-0.15, -0.1) is 0 Å². The summed E-state index contributed by atoms with van der Waals surface area (Å²) in [4.78, 5) is 0. The zero-order valence-electron chi connectivity index (χ0n) is 8.46. The summed E-state index contributed by atoms with van der Waals surface area (Å²) < 4.78 is 1.18. The highest BCUT2D eigenvalue weighted by Gasteiger charge is 2.04. The molecule has 0 saturated heterocycles. The zero-order chi connectivity index (χ0) is 10.7. The van der Waals surface area contributed by atoms with Crippen LogP contribution in [-0.2, 0) is 6.54 Å². The van der Waals surface area contributed by atoms with Gasteiger partial charge in [0.15, 0.2) is 0 Å². The van der Waals surface area contributed by atoms with Crippen LogP contribution in [0.3, 0.4) is 0 Å². The molecule has 0 bridgehead atoms. The van der Waals surface area contributed by atoms with Gasteiger partial charge in [-0.25, -0.2) is 0 Å². The van der Waals surface area contributed by atoms with Crippen molar-refractivity contribution < 1.29 is 0 Å². The molecule has 15 heavy (non-hydrogen) atoms. The molecule has 2 rings (SSSR count). The van der Waals surface area contributed by atoms with E-state index in [0.717, 1.165) is 6.54 Å². The highest BCUT2D eigenvalue weighted by atomic mass is 79.9. The number of hydrogen-bond donors (Lipinski definition) is 1. The van der Waals surface area contributed by atoms with Crippen molar-refractivity contribution in [2.45, 2.75) is 6.54 Å². The lowest BCUT2D eigenvalue weighted by molar-refractivity contribution is 0.818. The lowest BCUT2D eigenvalue weighted by Crippen LogP contribution is -2.04. The Morgan fingerprint density at radius 3 is 2.87 bits per heavy atom. The lowest BCUT2D eigenvalue weighted by atomic mass is 10.1. The van der Waals surface area contributed by atoms with Crippen LogP contribution in [-0.4, -0.2) is 7.05 Å². The second kappa shape index (κ2) is 4.92. The van der Waals surface area contributed by atoms with Crippen LogP contribution < -0.4 is 5.32 Å². The Morgan fingerprint density at radius 2 is 2.20 bits per heavy atom. The molecule has 0 saturated carbocycles. The predicted octanol–water partition coefficient (Wildman–Crippen LogP) is 3.90. The molecule has 0 aliphatic carbocycles. The van der Waals surface area contributed by atoms with Gasteiger partial charge in [0, 0.05) is 22.0 Å². The SMILES string of the molecule is CNCc1cccc(-c2cscc2Br)c1. The van der Waals surface area contributed by atoms with Crippen molar-refractivity contribution in [1.82, 2.24) is 5.32 Å². The Labute approximate surface area is 102 Å². The van der Waals surface area contributed by atoms with Crippen LogP contribution >= 0.6 is 27.3 Å². The van der Waals surface area contributed by atoms with Crippen LogP contribution in [0.15, 0.2) is 39.5 Å². The molecule has 1 nitrogen and oxygen atoms in total. The largest absolute Gasteiger partial charge is 0.316 e. The molecule has 1 aromatic heterocycles. The maximum absolute atomic E-state index is 3.56. The van der Waals surface area contributed by atoms with E-state index in [9.17, 15) is 0 Å². The molecule has 3 heteroatoms. The quantitative estimate of drug-likeness (QED) is 0.900. The average Bonchev–Trinajstić information content (AvgIpc) is 2.65. The van der Waals surface area contributed by atoms with E-state index in [4.69, 9.17) is 0 Å². The first kappa shape index (κ1) is 10.9. The van der Waals surface area contributed by atoms with E-state index in [1.807, 2.05) is 7.05 Å². The number of thiophene rings is 1. The molecular formula is C12H12BrNS. The molecule has 0 spiro atoms. The topological polar surface area (TPSA) is 12.0 Å². The Bertz CT molecular complexity index is 450. The van der Waals surface area contributed by atoms with E-state index in [1.165, 1.54) is 21.2 Å². The maximum Gasteiger partial charge on any atom is 0.0360 e. The van der Waals surface area contributed by atoms with Gasteiger partial charge >= 0.3 is 0 Å². The molecule has 0 amide bonds. The van der Waals surface area contributed by atoms with Gasteiger partial charge in [0.2, 0.25) is 0 Å². The van der Waals surface area contributed by atoms with Gasteiger partial charge in [-0.1, -0.05) is 18.2 Å².